The number of amides is 1. The second kappa shape index (κ2) is 11.1. The van der Waals surface area contributed by atoms with E-state index >= 15 is 0 Å². The van der Waals surface area contributed by atoms with Gasteiger partial charge in [-0.15, -0.1) is 10.2 Å². The van der Waals surface area contributed by atoms with Gasteiger partial charge in [0.25, 0.3) is 0 Å². The molecule has 0 saturated heterocycles. The molecule has 2 aromatic carbocycles. The van der Waals surface area contributed by atoms with Crippen LogP contribution in [0.25, 0.3) is 17.1 Å². The molecule has 4 aromatic rings. The van der Waals surface area contributed by atoms with E-state index < -0.39 is 0 Å². The zero-order valence-corrected chi connectivity index (χ0v) is 22.4. The van der Waals surface area contributed by atoms with Crippen LogP contribution in [0.5, 0.6) is 0 Å². The van der Waals surface area contributed by atoms with Crippen molar-refractivity contribution in [2.24, 2.45) is 0 Å². The molecule has 186 valence electrons. The summed E-state index contributed by atoms with van der Waals surface area (Å²) in [4.78, 5) is 19.7. The van der Waals surface area contributed by atoms with E-state index in [9.17, 15) is 4.79 Å². The van der Waals surface area contributed by atoms with E-state index in [2.05, 4.69) is 78.6 Å². The number of benzene rings is 2. The highest BCUT2D eigenvalue weighted by molar-refractivity contribution is 7.99. The number of para-hydroxylation sites is 1. The molecule has 2 heterocycles. The van der Waals surface area contributed by atoms with Gasteiger partial charge in [-0.05, 0) is 56.0 Å². The summed E-state index contributed by atoms with van der Waals surface area (Å²) in [5.41, 5.74) is 3.88. The molecule has 0 unspecified atom stereocenters. The van der Waals surface area contributed by atoms with E-state index in [1.165, 1.54) is 17.3 Å². The molecule has 0 atom stereocenters. The smallest absolute Gasteiger partial charge is 0.233 e. The molecule has 0 aliphatic rings. The Balaban J connectivity index is 1.67. The summed E-state index contributed by atoms with van der Waals surface area (Å²) < 4.78 is 2.06. The largest absolute Gasteiger partial charge is 0.333 e. The number of hydrogen-bond donors (Lipinski definition) is 0. The number of nitrogens with zero attached hydrogens (tertiary/aromatic N) is 5. The third kappa shape index (κ3) is 5.85. The fourth-order valence-electron chi connectivity index (χ4n) is 4.11. The average molecular weight is 500 g/mol. The molecule has 0 aliphatic carbocycles. The van der Waals surface area contributed by atoms with Gasteiger partial charge in [-0.2, -0.15) is 0 Å². The summed E-state index contributed by atoms with van der Waals surface area (Å²) in [6.45, 7) is 11.1. The summed E-state index contributed by atoms with van der Waals surface area (Å²) in [6, 6.07) is 22.3. The summed E-state index contributed by atoms with van der Waals surface area (Å²) in [6.07, 6.45) is 3.54. The maximum absolute atomic E-state index is 13.5. The van der Waals surface area contributed by atoms with Gasteiger partial charge in [0.2, 0.25) is 5.91 Å². The maximum Gasteiger partial charge on any atom is 0.233 e. The van der Waals surface area contributed by atoms with Gasteiger partial charge in [-0.25, -0.2) is 0 Å². The third-order valence-electron chi connectivity index (χ3n) is 5.97. The molecule has 1 amide bonds. The molecular weight excluding hydrogens is 466 g/mol. The van der Waals surface area contributed by atoms with Gasteiger partial charge in [0.05, 0.1) is 11.4 Å². The number of thioether (sulfide) groups is 1. The van der Waals surface area contributed by atoms with Crippen molar-refractivity contribution in [2.45, 2.75) is 57.8 Å². The molecule has 0 bridgehead atoms. The van der Waals surface area contributed by atoms with Gasteiger partial charge in [-0.3, -0.25) is 14.3 Å². The van der Waals surface area contributed by atoms with E-state index in [0.29, 0.717) is 23.4 Å². The van der Waals surface area contributed by atoms with Gasteiger partial charge in [0, 0.05) is 30.0 Å². The Labute approximate surface area is 217 Å². The summed E-state index contributed by atoms with van der Waals surface area (Å²) >= 11 is 1.42. The predicted molar refractivity (Wildman–Crippen MR) is 146 cm³/mol. The lowest BCUT2D eigenvalue weighted by molar-refractivity contribution is -0.133. The highest BCUT2D eigenvalue weighted by Crippen LogP contribution is 2.32. The van der Waals surface area contributed by atoms with Gasteiger partial charge < -0.3 is 4.90 Å². The van der Waals surface area contributed by atoms with Crippen LogP contribution in [0.2, 0.25) is 0 Å². The van der Waals surface area contributed by atoms with E-state index in [1.54, 1.807) is 12.4 Å². The zero-order valence-electron chi connectivity index (χ0n) is 21.5. The highest BCUT2D eigenvalue weighted by atomic mass is 32.2. The van der Waals surface area contributed by atoms with Gasteiger partial charge >= 0.3 is 0 Å². The second-order valence-corrected chi connectivity index (χ2v) is 11.0. The van der Waals surface area contributed by atoms with Gasteiger partial charge in [-0.1, -0.05) is 74.1 Å². The van der Waals surface area contributed by atoms with Crippen LogP contribution in [0.15, 0.2) is 84.3 Å². The second-order valence-electron chi connectivity index (χ2n) is 10.0. The van der Waals surface area contributed by atoms with Crippen LogP contribution in [-0.4, -0.2) is 41.8 Å². The first-order valence-corrected chi connectivity index (χ1v) is 13.2. The van der Waals surface area contributed by atoms with E-state index in [4.69, 9.17) is 0 Å². The molecule has 0 fully saturated rings. The minimum atomic E-state index is -0.313. The summed E-state index contributed by atoms with van der Waals surface area (Å²) in [5.74, 6) is 1.35. The van der Waals surface area contributed by atoms with Crippen molar-refractivity contribution < 1.29 is 4.79 Å². The van der Waals surface area contributed by atoms with Gasteiger partial charge in [0.15, 0.2) is 11.0 Å². The van der Waals surface area contributed by atoms with Gasteiger partial charge in [0.1, 0.15) is 0 Å². The third-order valence-corrected chi connectivity index (χ3v) is 6.89. The zero-order chi connectivity index (χ0) is 25.7. The Morgan fingerprint density at radius 3 is 2.36 bits per heavy atom. The first-order chi connectivity index (χ1) is 17.3. The quantitative estimate of drug-likeness (QED) is 0.264. The fourth-order valence-corrected chi connectivity index (χ4v) is 4.93. The number of rotatable bonds is 8. The van der Waals surface area contributed by atoms with Crippen molar-refractivity contribution in [3.63, 3.8) is 0 Å². The average Bonchev–Trinajstić information content (AvgIpc) is 3.30. The van der Waals surface area contributed by atoms with Crippen LogP contribution >= 0.6 is 11.8 Å². The topological polar surface area (TPSA) is 63.9 Å². The van der Waals surface area contributed by atoms with E-state index in [-0.39, 0.29) is 17.2 Å². The monoisotopic (exact) mass is 499 g/mol. The molecule has 7 heteroatoms. The minimum Gasteiger partial charge on any atom is -0.333 e. The lowest BCUT2D eigenvalue weighted by Gasteiger charge is -2.36. The van der Waals surface area contributed by atoms with Crippen LogP contribution in [0.1, 0.15) is 51.7 Å². The first kappa shape index (κ1) is 25.6. The number of hydrogen-bond acceptors (Lipinski definition) is 5. The fraction of sp³-hybridized carbons (Fsp3) is 0.310. The Morgan fingerprint density at radius 1 is 0.972 bits per heavy atom. The van der Waals surface area contributed by atoms with Crippen LogP contribution < -0.4 is 0 Å². The lowest BCUT2D eigenvalue weighted by atomic mass is 10.0. The van der Waals surface area contributed by atoms with E-state index in [1.807, 2.05) is 47.4 Å². The first-order valence-electron chi connectivity index (χ1n) is 12.2. The molecule has 0 saturated carbocycles. The van der Waals surface area contributed by atoms with Crippen molar-refractivity contribution >= 4 is 17.7 Å². The summed E-state index contributed by atoms with van der Waals surface area (Å²) in [5, 5.41) is 9.74. The number of aromatic nitrogens is 4. The van der Waals surface area contributed by atoms with E-state index in [0.717, 1.165) is 16.8 Å². The summed E-state index contributed by atoms with van der Waals surface area (Å²) in [7, 11) is 0. The molecule has 0 radical (unpaired) electrons. The Kier molecular flexibility index (Phi) is 7.89. The minimum absolute atomic E-state index is 0.0611. The Hall–Kier alpha value is -3.45. The molecular formula is C29H33N5OS. The standard InChI is InChI=1S/C29H33N5OS/c1-21(2)24-15-9-10-16-25(24)34-27(23-14-11-17-30-18-23)31-32-28(34)36-20-26(35)33(29(3,4)5)19-22-12-7-6-8-13-22/h6-18,21H,19-20H2,1-5H3. The van der Waals surface area contributed by atoms with Crippen molar-refractivity contribution in [3.8, 4) is 17.1 Å². The highest BCUT2D eigenvalue weighted by Gasteiger charge is 2.28. The lowest BCUT2D eigenvalue weighted by Crippen LogP contribution is -2.45. The molecule has 0 N–H and O–H groups in total. The van der Waals surface area contributed by atoms with Crippen molar-refractivity contribution in [2.75, 3.05) is 5.75 Å². The normalized spacial score (nSPS) is 11.6. The molecule has 6 nitrogen and oxygen atoms in total. The van der Waals surface area contributed by atoms with Crippen molar-refractivity contribution in [1.29, 1.82) is 0 Å². The maximum atomic E-state index is 13.5. The molecule has 0 spiro atoms. The molecule has 0 aliphatic heterocycles. The number of carbonyl (C=O) groups excluding carboxylic acids is 1. The van der Waals surface area contributed by atoms with Crippen LogP contribution in [0.3, 0.4) is 0 Å². The number of pyridine rings is 1. The molecule has 4 rings (SSSR count). The Morgan fingerprint density at radius 2 is 1.69 bits per heavy atom. The van der Waals surface area contributed by atoms with Crippen molar-refractivity contribution in [1.82, 2.24) is 24.6 Å². The molecule has 36 heavy (non-hydrogen) atoms. The Bertz CT molecular complexity index is 1300. The van der Waals surface area contributed by atoms with Crippen LogP contribution in [-0.2, 0) is 11.3 Å². The SMILES string of the molecule is CC(C)c1ccccc1-n1c(SCC(=O)N(Cc2ccccc2)C(C)(C)C)nnc1-c1cccnc1. The predicted octanol–water partition coefficient (Wildman–Crippen LogP) is 6.37. The number of carbonyl (C=O) groups is 1. The molecule has 2 aromatic heterocycles. The van der Waals surface area contributed by atoms with Crippen LogP contribution in [0, 0.1) is 0 Å². The van der Waals surface area contributed by atoms with Crippen LogP contribution in [0.4, 0.5) is 0 Å². The van der Waals surface area contributed by atoms with Crippen molar-refractivity contribution in [3.05, 3.63) is 90.3 Å².